The molecular weight excluding hydrogens is 316 g/mol. The van der Waals surface area contributed by atoms with Crippen LogP contribution in [0.2, 0.25) is 0 Å². The molecule has 2 N–H and O–H groups in total. The van der Waals surface area contributed by atoms with Gasteiger partial charge < -0.3 is 5.73 Å². The molecule has 5 nitrogen and oxygen atoms in total. The summed E-state index contributed by atoms with van der Waals surface area (Å²) in [5.74, 6) is 0. The number of nitrogens with zero attached hydrogens (tertiary/aromatic N) is 3. The number of anilines is 1. The van der Waals surface area contributed by atoms with Gasteiger partial charge in [-0.3, -0.25) is 0 Å². The summed E-state index contributed by atoms with van der Waals surface area (Å²) < 4.78 is 5.66. The van der Waals surface area contributed by atoms with Crippen molar-refractivity contribution in [1.82, 2.24) is 15.3 Å². The van der Waals surface area contributed by atoms with Crippen molar-refractivity contribution >= 4 is 44.4 Å². The predicted molar refractivity (Wildman–Crippen MR) is 72.3 cm³/mol. The zero-order valence-corrected chi connectivity index (χ0v) is 11.4. The molecule has 0 radical (unpaired) electrons. The van der Waals surface area contributed by atoms with Gasteiger partial charge in [0.15, 0.2) is 11.0 Å². The highest BCUT2D eigenvalue weighted by Crippen LogP contribution is 2.36. The summed E-state index contributed by atoms with van der Waals surface area (Å²) in [6.07, 6.45) is 1.74. The highest BCUT2D eigenvalue weighted by molar-refractivity contribution is 9.10. The van der Waals surface area contributed by atoms with E-state index < -0.39 is 0 Å². The second-order valence-electron chi connectivity index (χ2n) is 3.51. The molecule has 0 saturated carbocycles. The topological polar surface area (TPSA) is 77.8 Å². The van der Waals surface area contributed by atoms with Gasteiger partial charge in [-0.05, 0) is 50.5 Å². The number of benzene rings is 1. The monoisotopic (exact) mass is 322 g/mol. The van der Waals surface area contributed by atoms with E-state index in [1.807, 2.05) is 18.2 Å². The molecule has 0 saturated heterocycles. The van der Waals surface area contributed by atoms with E-state index in [9.17, 15) is 0 Å². The molecule has 0 unspecified atom stereocenters. The molecule has 18 heavy (non-hydrogen) atoms. The van der Waals surface area contributed by atoms with E-state index in [1.54, 1.807) is 12.3 Å². The third-order valence-corrected chi connectivity index (χ3v) is 4.31. The van der Waals surface area contributed by atoms with Gasteiger partial charge in [-0.2, -0.15) is 0 Å². The number of hydrogen-bond donors (Lipinski definition) is 1. The number of pyridine rings is 1. The lowest BCUT2D eigenvalue weighted by Gasteiger charge is -2.03. The molecule has 0 spiro atoms. The van der Waals surface area contributed by atoms with Crippen LogP contribution in [0.25, 0.3) is 11.0 Å². The molecule has 90 valence electrons. The van der Waals surface area contributed by atoms with Crippen molar-refractivity contribution in [3.05, 3.63) is 34.9 Å². The van der Waals surface area contributed by atoms with Crippen LogP contribution < -0.4 is 5.73 Å². The first kappa shape index (κ1) is 11.5. The van der Waals surface area contributed by atoms with Crippen molar-refractivity contribution in [2.75, 3.05) is 5.73 Å². The van der Waals surface area contributed by atoms with Crippen molar-refractivity contribution in [3.8, 4) is 0 Å². The molecule has 2 heterocycles. The molecule has 1 aromatic carbocycles. The molecule has 7 heteroatoms. The molecule has 0 amide bonds. The SMILES string of the molecule is Nc1ccc(Sc2ncccc2Br)c2nonc12. The summed E-state index contributed by atoms with van der Waals surface area (Å²) in [6, 6.07) is 7.47. The Morgan fingerprint density at radius 3 is 2.83 bits per heavy atom. The quantitative estimate of drug-likeness (QED) is 0.730. The molecule has 2 aromatic heterocycles. The van der Waals surface area contributed by atoms with Gasteiger partial charge >= 0.3 is 0 Å². The lowest BCUT2D eigenvalue weighted by molar-refractivity contribution is 0.315. The lowest BCUT2D eigenvalue weighted by atomic mass is 10.3. The largest absolute Gasteiger partial charge is 0.397 e. The van der Waals surface area contributed by atoms with Gasteiger partial charge in [0.2, 0.25) is 0 Å². The fourth-order valence-corrected chi connectivity index (χ4v) is 2.85. The molecule has 0 bridgehead atoms. The van der Waals surface area contributed by atoms with E-state index in [1.165, 1.54) is 11.8 Å². The Hall–Kier alpha value is -1.60. The maximum Gasteiger partial charge on any atom is 0.159 e. The fourth-order valence-electron chi connectivity index (χ4n) is 1.50. The Morgan fingerprint density at radius 2 is 2.00 bits per heavy atom. The highest BCUT2D eigenvalue weighted by atomic mass is 79.9. The summed E-state index contributed by atoms with van der Waals surface area (Å²) in [4.78, 5) is 5.20. The van der Waals surface area contributed by atoms with E-state index in [0.29, 0.717) is 16.7 Å². The van der Waals surface area contributed by atoms with Crippen LogP contribution in [-0.4, -0.2) is 15.3 Å². The summed E-state index contributed by atoms with van der Waals surface area (Å²) in [5, 5.41) is 8.51. The van der Waals surface area contributed by atoms with Gasteiger partial charge in [-0.15, -0.1) is 0 Å². The number of halogens is 1. The van der Waals surface area contributed by atoms with Gasteiger partial charge in [0.25, 0.3) is 0 Å². The summed E-state index contributed by atoms with van der Waals surface area (Å²) >= 11 is 4.94. The predicted octanol–water partition coefficient (Wildman–Crippen LogP) is 3.11. The minimum absolute atomic E-state index is 0.552. The Morgan fingerprint density at radius 1 is 1.17 bits per heavy atom. The second kappa shape index (κ2) is 4.58. The third kappa shape index (κ3) is 1.95. The van der Waals surface area contributed by atoms with E-state index in [0.717, 1.165) is 14.4 Å². The number of nitrogens with two attached hydrogens (primary N) is 1. The minimum Gasteiger partial charge on any atom is -0.397 e. The number of rotatable bonds is 2. The first-order valence-corrected chi connectivity index (χ1v) is 6.66. The summed E-state index contributed by atoms with van der Waals surface area (Å²) in [6.45, 7) is 0. The lowest BCUT2D eigenvalue weighted by Crippen LogP contribution is -1.88. The fraction of sp³-hybridized carbons (Fsp3) is 0. The average Bonchev–Trinajstić information content (AvgIpc) is 2.85. The normalized spacial score (nSPS) is 10.9. The molecule has 0 aliphatic carbocycles. The van der Waals surface area contributed by atoms with Gasteiger partial charge in [0, 0.05) is 11.1 Å². The van der Waals surface area contributed by atoms with Crippen LogP contribution in [0.1, 0.15) is 0 Å². The first-order chi connectivity index (χ1) is 8.75. The van der Waals surface area contributed by atoms with Crippen molar-refractivity contribution < 1.29 is 4.63 Å². The number of hydrogen-bond acceptors (Lipinski definition) is 6. The van der Waals surface area contributed by atoms with Crippen LogP contribution in [0.4, 0.5) is 5.69 Å². The number of aromatic nitrogens is 3. The maximum absolute atomic E-state index is 5.80. The molecular formula is C11H7BrN4OS. The van der Waals surface area contributed by atoms with E-state index >= 15 is 0 Å². The van der Waals surface area contributed by atoms with Gasteiger partial charge in [-0.25, -0.2) is 9.61 Å². The second-order valence-corrected chi connectivity index (χ2v) is 5.39. The molecule has 0 aliphatic heterocycles. The van der Waals surface area contributed by atoms with Crippen molar-refractivity contribution in [1.29, 1.82) is 0 Å². The van der Waals surface area contributed by atoms with Crippen LogP contribution in [0, 0.1) is 0 Å². The van der Waals surface area contributed by atoms with Crippen molar-refractivity contribution in [2.45, 2.75) is 9.92 Å². The van der Waals surface area contributed by atoms with Gasteiger partial charge in [0.05, 0.1) is 10.2 Å². The zero-order valence-electron chi connectivity index (χ0n) is 9.00. The van der Waals surface area contributed by atoms with Crippen molar-refractivity contribution in [3.63, 3.8) is 0 Å². The average molecular weight is 323 g/mol. The molecule has 0 atom stereocenters. The standard InChI is InChI=1S/C11H7BrN4OS/c12-6-2-1-5-14-11(6)18-8-4-3-7(13)9-10(8)16-17-15-9/h1-5H,13H2. The molecule has 0 fully saturated rings. The Labute approximate surface area is 115 Å². The highest BCUT2D eigenvalue weighted by Gasteiger charge is 2.12. The molecule has 3 aromatic rings. The van der Waals surface area contributed by atoms with E-state index in [-0.39, 0.29) is 0 Å². The van der Waals surface area contributed by atoms with Gasteiger partial charge in [0.1, 0.15) is 5.03 Å². The molecule has 3 rings (SSSR count). The van der Waals surface area contributed by atoms with Crippen LogP contribution >= 0.6 is 27.7 Å². The van der Waals surface area contributed by atoms with Crippen LogP contribution in [0.15, 0.2) is 49.5 Å². The molecule has 0 aliphatic rings. The Balaban J connectivity index is 2.08. The maximum atomic E-state index is 5.80. The van der Waals surface area contributed by atoms with Gasteiger partial charge in [-0.1, -0.05) is 11.8 Å². The van der Waals surface area contributed by atoms with Crippen molar-refractivity contribution in [2.24, 2.45) is 0 Å². The smallest absolute Gasteiger partial charge is 0.159 e. The minimum atomic E-state index is 0.552. The van der Waals surface area contributed by atoms with E-state index in [4.69, 9.17) is 10.4 Å². The summed E-state index contributed by atoms with van der Waals surface area (Å²) in [7, 11) is 0. The Kier molecular flexibility index (Phi) is 2.92. The van der Waals surface area contributed by atoms with Crippen LogP contribution in [0.5, 0.6) is 0 Å². The first-order valence-electron chi connectivity index (χ1n) is 5.05. The number of fused-ring (bicyclic) bond motifs is 1. The third-order valence-electron chi connectivity index (χ3n) is 2.34. The van der Waals surface area contributed by atoms with Crippen LogP contribution in [0.3, 0.4) is 0 Å². The summed E-state index contributed by atoms with van der Waals surface area (Å²) in [5.41, 5.74) is 7.57. The zero-order chi connectivity index (χ0) is 12.5. The van der Waals surface area contributed by atoms with E-state index in [2.05, 4.69) is 31.2 Å². The number of nitrogen functional groups attached to an aromatic ring is 1. The Bertz CT molecular complexity index is 715. The van der Waals surface area contributed by atoms with Crippen LogP contribution in [-0.2, 0) is 0 Å².